The highest BCUT2D eigenvalue weighted by atomic mass is 16.7. The topological polar surface area (TPSA) is 35.5 Å². The maximum Gasteiger partial charge on any atom is 0.162 e. The van der Waals surface area contributed by atoms with Crippen molar-refractivity contribution in [2.75, 3.05) is 14.2 Å². The van der Waals surface area contributed by atoms with Crippen LogP contribution in [0.15, 0.2) is 30.3 Å². The predicted molar refractivity (Wildman–Crippen MR) is 67.0 cm³/mol. The summed E-state index contributed by atoms with van der Waals surface area (Å²) in [6, 6.07) is 9.40. The van der Waals surface area contributed by atoms with E-state index in [1.165, 1.54) is 0 Å². The van der Waals surface area contributed by atoms with Gasteiger partial charge < -0.3 is 9.47 Å². The van der Waals surface area contributed by atoms with Crippen molar-refractivity contribution in [1.29, 1.82) is 0 Å². The highest BCUT2D eigenvalue weighted by Crippen LogP contribution is 2.10. The van der Waals surface area contributed by atoms with Gasteiger partial charge in [0.1, 0.15) is 0 Å². The Hall–Kier alpha value is -1.19. The van der Waals surface area contributed by atoms with E-state index in [1.54, 1.807) is 14.2 Å². The van der Waals surface area contributed by atoms with E-state index in [4.69, 9.17) is 9.47 Å². The Kier molecular flexibility index (Phi) is 6.51. The van der Waals surface area contributed by atoms with Crippen LogP contribution in [-0.4, -0.2) is 26.3 Å². The average molecular weight is 236 g/mol. The molecule has 0 aromatic heterocycles. The minimum atomic E-state index is -0.151. The molecule has 0 saturated carbocycles. The Balaban J connectivity index is 2.21. The van der Waals surface area contributed by atoms with Crippen molar-refractivity contribution in [2.45, 2.75) is 32.0 Å². The molecule has 0 saturated heterocycles. The summed E-state index contributed by atoms with van der Waals surface area (Å²) >= 11 is 0. The van der Waals surface area contributed by atoms with Crippen molar-refractivity contribution >= 4 is 5.78 Å². The van der Waals surface area contributed by atoms with E-state index in [9.17, 15) is 4.79 Å². The van der Waals surface area contributed by atoms with Crippen LogP contribution in [0.5, 0.6) is 0 Å². The smallest absolute Gasteiger partial charge is 0.162 e. The van der Waals surface area contributed by atoms with E-state index in [0.717, 1.165) is 24.8 Å². The van der Waals surface area contributed by atoms with Crippen molar-refractivity contribution in [2.24, 2.45) is 0 Å². The van der Waals surface area contributed by atoms with Gasteiger partial charge in [0.2, 0.25) is 0 Å². The van der Waals surface area contributed by atoms with Gasteiger partial charge in [0.05, 0.1) is 0 Å². The second-order valence-electron chi connectivity index (χ2n) is 3.94. The first-order valence-corrected chi connectivity index (χ1v) is 5.91. The number of carbonyl (C=O) groups is 1. The highest BCUT2D eigenvalue weighted by Gasteiger charge is 2.07. The van der Waals surface area contributed by atoms with Crippen molar-refractivity contribution in [1.82, 2.24) is 0 Å². The van der Waals surface area contributed by atoms with Crippen LogP contribution in [0.2, 0.25) is 0 Å². The zero-order valence-electron chi connectivity index (χ0n) is 10.5. The minimum absolute atomic E-state index is 0.151. The molecule has 0 bridgehead atoms. The van der Waals surface area contributed by atoms with Gasteiger partial charge in [-0.15, -0.1) is 0 Å². The van der Waals surface area contributed by atoms with Crippen LogP contribution < -0.4 is 0 Å². The molecule has 0 spiro atoms. The number of ether oxygens (including phenoxy) is 2. The fourth-order valence-corrected chi connectivity index (χ4v) is 1.70. The maximum atomic E-state index is 11.8. The maximum absolute atomic E-state index is 11.8. The third-order valence-corrected chi connectivity index (χ3v) is 2.72. The van der Waals surface area contributed by atoms with E-state index in [2.05, 4.69) is 0 Å². The Morgan fingerprint density at radius 2 is 1.76 bits per heavy atom. The zero-order valence-corrected chi connectivity index (χ0v) is 10.5. The van der Waals surface area contributed by atoms with Gasteiger partial charge in [0, 0.05) is 26.2 Å². The lowest BCUT2D eigenvalue weighted by Gasteiger charge is -2.12. The Bertz CT molecular complexity index is 317. The second-order valence-corrected chi connectivity index (χ2v) is 3.94. The number of methoxy groups -OCH3 is 2. The molecule has 0 atom stereocenters. The van der Waals surface area contributed by atoms with Gasteiger partial charge in [-0.05, 0) is 19.3 Å². The summed E-state index contributed by atoms with van der Waals surface area (Å²) in [4.78, 5) is 11.8. The SMILES string of the molecule is COC(CCCCC(=O)c1ccccc1)OC. The number of hydrogen-bond acceptors (Lipinski definition) is 3. The van der Waals surface area contributed by atoms with Crippen LogP contribution in [0.3, 0.4) is 0 Å². The van der Waals surface area contributed by atoms with Crippen molar-refractivity contribution in [3.8, 4) is 0 Å². The third-order valence-electron chi connectivity index (χ3n) is 2.72. The molecule has 0 fully saturated rings. The zero-order chi connectivity index (χ0) is 12.5. The molecule has 0 unspecified atom stereocenters. The summed E-state index contributed by atoms with van der Waals surface area (Å²) in [5.74, 6) is 0.206. The highest BCUT2D eigenvalue weighted by molar-refractivity contribution is 5.95. The summed E-state index contributed by atoms with van der Waals surface area (Å²) in [6.07, 6.45) is 3.07. The quantitative estimate of drug-likeness (QED) is 0.395. The van der Waals surface area contributed by atoms with Crippen molar-refractivity contribution in [3.05, 3.63) is 35.9 Å². The second kappa shape index (κ2) is 7.98. The molecule has 0 heterocycles. The van der Waals surface area contributed by atoms with Crippen LogP contribution in [-0.2, 0) is 9.47 Å². The Morgan fingerprint density at radius 1 is 1.12 bits per heavy atom. The fraction of sp³-hybridized carbons (Fsp3) is 0.500. The molecule has 3 heteroatoms. The van der Waals surface area contributed by atoms with Gasteiger partial charge >= 0.3 is 0 Å². The molecular formula is C14H20O3. The van der Waals surface area contributed by atoms with Gasteiger partial charge in [-0.25, -0.2) is 0 Å². The number of Topliss-reactive ketones (excluding diaryl/α,β-unsaturated/α-hetero) is 1. The fourth-order valence-electron chi connectivity index (χ4n) is 1.70. The molecule has 0 aliphatic carbocycles. The van der Waals surface area contributed by atoms with Gasteiger partial charge in [0.25, 0.3) is 0 Å². The van der Waals surface area contributed by atoms with E-state index < -0.39 is 0 Å². The normalized spacial score (nSPS) is 10.8. The van der Waals surface area contributed by atoms with Gasteiger partial charge in [-0.3, -0.25) is 4.79 Å². The van der Waals surface area contributed by atoms with Crippen LogP contribution >= 0.6 is 0 Å². The average Bonchev–Trinajstić information content (AvgIpc) is 2.40. The van der Waals surface area contributed by atoms with E-state index in [1.807, 2.05) is 30.3 Å². The largest absolute Gasteiger partial charge is 0.356 e. The summed E-state index contributed by atoms with van der Waals surface area (Å²) in [6.45, 7) is 0. The molecule has 0 amide bonds. The predicted octanol–water partition coefficient (Wildman–Crippen LogP) is 3.05. The van der Waals surface area contributed by atoms with E-state index in [-0.39, 0.29) is 12.1 Å². The lowest BCUT2D eigenvalue weighted by atomic mass is 10.0. The molecule has 17 heavy (non-hydrogen) atoms. The standard InChI is InChI=1S/C14H20O3/c1-16-14(17-2)11-7-6-10-13(15)12-8-4-3-5-9-12/h3-5,8-9,14H,6-7,10-11H2,1-2H3. The number of ketones is 1. The molecule has 1 aromatic carbocycles. The number of carbonyl (C=O) groups excluding carboxylic acids is 1. The first-order chi connectivity index (χ1) is 8.27. The number of benzene rings is 1. The lowest BCUT2D eigenvalue weighted by Crippen LogP contribution is -2.12. The molecule has 0 aliphatic heterocycles. The Labute approximate surface area is 103 Å². The van der Waals surface area contributed by atoms with E-state index in [0.29, 0.717) is 6.42 Å². The molecule has 1 aromatic rings. The number of hydrogen-bond donors (Lipinski definition) is 0. The molecule has 0 N–H and O–H groups in total. The van der Waals surface area contributed by atoms with Crippen LogP contribution in [0, 0.1) is 0 Å². The van der Waals surface area contributed by atoms with Crippen LogP contribution in [0.4, 0.5) is 0 Å². The summed E-state index contributed by atoms with van der Waals surface area (Å²) in [5, 5.41) is 0. The summed E-state index contributed by atoms with van der Waals surface area (Å²) < 4.78 is 10.2. The van der Waals surface area contributed by atoms with Crippen LogP contribution in [0.25, 0.3) is 0 Å². The third kappa shape index (κ3) is 5.11. The lowest BCUT2D eigenvalue weighted by molar-refractivity contribution is -0.107. The first kappa shape index (κ1) is 13.9. The molecule has 0 radical (unpaired) electrons. The van der Waals surface area contributed by atoms with Gasteiger partial charge in [-0.1, -0.05) is 30.3 Å². The molecular weight excluding hydrogens is 216 g/mol. The van der Waals surface area contributed by atoms with Crippen molar-refractivity contribution in [3.63, 3.8) is 0 Å². The summed E-state index contributed by atoms with van der Waals surface area (Å²) in [7, 11) is 3.26. The molecule has 0 aliphatic rings. The first-order valence-electron chi connectivity index (χ1n) is 5.91. The Morgan fingerprint density at radius 3 is 2.35 bits per heavy atom. The number of unbranched alkanes of at least 4 members (excludes halogenated alkanes) is 1. The number of rotatable bonds is 8. The van der Waals surface area contributed by atoms with Gasteiger partial charge in [0.15, 0.2) is 12.1 Å². The molecule has 3 nitrogen and oxygen atoms in total. The van der Waals surface area contributed by atoms with Gasteiger partial charge in [-0.2, -0.15) is 0 Å². The minimum Gasteiger partial charge on any atom is -0.356 e. The summed E-state index contributed by atoms with van der Waals surface area (Å²) in [5.41, 5.74) is 0.794. The monoisotopic (exact) mass is 236 g/mol. The molecule has 94 valence electrons. The van der Waals surface area contributed by atoms with Crippen LogP contribution in [0.1, 0.15) is 36.0 Å². The van der Waals surface area contributed by atoms with E-state index >= 15 is 0 Å². The van der Waals surface area contributed by atoms with Crippen molar-refractivity contribution < 1.29 is 14.3 Å². The molecule has 1 rings (SSSR count).